The fourth-order valence-corrected chi connectivity index (χ4v) is 3.64. The molecule has 0 radical (unpaired) electrons. The molecule has 1 aliphatic rings. The van der Waals surface area contributed by atoms with Gasteiger partial charge in [0.25, 0.3) is 0 Å². The van der Waals surface area contributed by atoms with Gasteiger partial charge in [-0.1, -0.05) is 6.07 Å². The molecule has 96 valence electrons. The molecule has 1 aromatic carbocycles. The van der Waals surface area contributed by atoms with Crippen LogP contribution in [0.4, 0.5) is 0 Å². The van der Waals surface area contributed by atoms with E-state index in [0.29, 0.717) is 0 Å². The maximum atomic E-state index is 4.58. The zero-order valence-electron chi connectivity index (χ0n) is 11.5. The van der Waals surface area contributed by atoms with Crippen molar-refractivity contribution in [2.75, 3.05) is 0 Å². The van der Waals surface area contributed by atoms with Gasteiger partial charge in [0.15, 0.2) is 0 Å². The van der Waals surface area contributed by atoms with E-state index >= 15 is 0 Å². The Morgan fingerprint density at radius 1 is 1.11 bits per heavy atom. The molecule has 0 saturated carbocycles. The lowest BCUT2D eigenvalue weighted by atomic mass is 9.92. The van der Waals surface area contributed by atoms with Crippen molar-refractivity contribution in [3.05, 3.63) is 40.7 Å². The van der Waals surface area contributed by atoms with E-state index in [1.54, 1.807) is 5.56 Å². The molecule has 2 heteroatoms. The molecule has 0 aliphatic heterocycles. The second kappa shape index (κ2) is 3.83. The maximum Gasteiger partial charge on any atom is 0.0754 e. The number of aromatic amines is 1. The first kappa shape index (κ1) is 11.0. The number of hydrogen-bond acceptors (Lipinski definition) is 1. The fraction of sp³-hybridized carbons (Fsp3) is 0.353. The van der Waals surface area contributed by atoms with Gasteiger partial charge >= 0.3 is 0 Å². The van der Waals surface area contributed by atoms with E-state index in [1.807, 2.05) is 12.3 Å². The summed E-state index contributed by atoms with van der Waals surface area (Å²) in [7, 11) is 0. The summed E-state index contributed by atoms with van der Waals surface area (Å²) in [6, 6.07) is 4.24. The molecule has 2 aromatic heterocycles. The highest BCUT2D eigenvalue weighted by Gasteiger charge is 2.20. The van der Waals surface area contributed by atoms with Gasteiger partial charge in [0, 0.05) is 22.7 Å². The Kier molecular flexibility index (Phi) is 2.22. The number of aromatic nitrogens is 2. The molecule has 0 amide bonds. The highest BCUT2D eigenvalue weighted by molar-refractivity contribution is 6.04. The van der Waals surface area contributed by atoms with Crippen molar-refractivity contribution in [3.8, 4) is 0 Å². The zero-order chi connectivity index (χ0) is 13.0. The molecule has 0 spiro atoms. The molecule has 0 saturated heterocycles. The Hall–Kier alpha value is -1.83. The lowest BCUT2D eigenvalue weighted by Gasteiger charge is -2.12. The van der Waals surface area contributed by atoms with E-state index in [4.69, 9.17) is 0 Å². The van der Waals surface area contributed by atoms with Gasteiger partial charge in [-0.25, -0.2) is 0 Å². The first-order valence-corrected chi connectivity index (χ1v) is 7.14. The van der Waals surface area contributed by atoms with E-state index in [1.165, 1.54) is 58.8 Å². The molecule has 19 heavy (non-hydrogen) atoms. The van der Waals surface area contributed by atoms with Crippen LogP contribution in [0.5, 0.6) is 0 Å². The van der Waals surface area contributed by atoms with Crippen LogP contribution in [0.25, 0.3) is 21.8 Å². The van der Waals surface area contributed by atoms with Crippen LogP contribution in [-0.2, 0) is 12.8 Å². The second-order valence-electron chi connectivity index (χ2n) is 5.69. The number of nitrogens with zero attached hydrogens (tertiary/aromatic N) is 1. The van der Waals surface area contributed by atoms with Gasteiger partial charge in [-0.15, -0.1) is 0 Å². The molecular weight excluding hydrogens is 232 g/mol. The minimum atomic E-state index is 1.14. The smallest absolute Gasteiger partial charge is 0.0754 e. The Balaban J connectivity index is 2.24. The van der Waals surface area contributed by atoms with Crippen molar-refractivity contribution in [1.29, 1.82) is 0 Å². The summed E-state index contributed by atoms with van der Waals surface area (Å²) in [5.41, 5.74) is 8.17. The third-order valence-electron chi connectivity index (χ3n) is 4.61. The molecule has 2 heterocycles. The molecule has 4 rings (SSSR count). The van der Waals surface area contributed by atoms with Gasteiger partial charge in [0.1, 0.15) is 0 Å². The van der Waals surface area contributed by atoms with Crippen molar-refractivity contribution in [2.24, 2.45) is 0 Å². The van der Waals surface area contributed by atoms with Crippen LogP contribution in [0.15, 0.2) is 18.3 Å². The topological polar surface area (TPSA) is 28.7 Å². The molecule has 0 fully saturated rings. The van der Waals surface area contributed by atoms with Crippen molar-refractivity contribution in [2.45, 2.75) is 39.5 Å². The molecule has 2 nitrogen and oxygen atoms in total. The van der Waals surface area contributed by atoms with Gasteiger partial charge in [-0.3, -0.25) is 4.98 Å². The van der Waals surface area contributed by atoms with Crippen LogP contribution in [0.3, 0.4) is 0 Å². The molecule has 1 N–H and O–H groups in total. The highest BCUT2D eigenvalue weighted by Crippen LogP contribution is 2.36. The second-order valence-corrected chi connectivity index (χ2v) is 5.69. The molecule has 1 aliphatic carbocycles. The average Bonchev–Trinajstić information content (AvgIpc) is 2.84. The minimum absolute atomic E-state index is 1.14. The monoisotopic (exact) mass is 250 g/mol. The third kappa shape index (κ3) is 1.40. The van der Waals surface area contributed by atoms with Gasteiger partial charge in [-0.2, -0.15) is 0 Å². The number of pyridine rings is 1. The summed E-state index contributed by atoms with van der Waals surface area (Å²) in [6.07, 6.45) is 6.96. The molecule has 0 bridgehead atoms. The largest absolute Gasteiger partial charge is 0.358 e. The first-order chi connectivity index (χ1) is 9.27. The number of aryl methyl sites for hydroxylation is 4. The van der Waals surface area contributed by atoms with Crippen LogP contribution < -0.4 is 0 Å². The Labute approximate surface area is 112 Å². The number of benzene rings is 1. The summed E-state index contributed by atoms with van der Waals surface area (Å²) < 4.78 is 0. The van der Waals surface area contributed by atoms with E-state index in [-0.39, 0.29) is 0 Å². The van der Waals surface area contributed by atoms with E-state index in [0.717, 1.165) is 5.52 Å². The predicted molar refractivity (Wildman–Crippen MR) is 79.7 cm³/mol. The fourth-order valence-electron chi connectivity index (χ4n) is 3.64. The quantitative estimate of drug-likeness (QED) is 0.636. The summed E-state index contributed by atoms with van der Waals surface area (Å²) >= 11 is 0. The van der Waals surface area contributed by atoms with E-state index in [2.05, 4.69) is 29.9 Å². The highest BCUT2D eigenvalue weighted by atomic mass is 14.7. The lowest BCUT2D eigenvalue weighted by molar-refractivity contribution is 0.680. The van der Waals surface area contributed by atoms with Crippen molar-refractivity contribution < 1.29 is 0 Å². The van der Waals surface area contributed by atoms with E-state index in [9.17, 15) is 0 Å². The molecule has 3 aromatic rings. The van der Waals surface area contributed by atoms with Crippen LogP contribution >= 0.6 is 0 Å². The summed E-state index contributed by atoms with van der Waals surface area (Å²) in [4.78, 5) is 8.26. The average molecular weight is 250 g/mol. The minimum Gasteiger partial charge on any atom is -0.358 e. The number of nitrogens with one attached hydrogen (secondary N) is 1. The number of H-pyrrole nitrogens is 1. The standard InChI is InChI=1S/C17H18N2/c1-10-12-7-5-9-18-16(12)11(2)17-15(10)13-6-3-4-8-14(13)19-17/h5,7,9,19H,3-4,6,8H2,1-2H3. The molecule has 0 unspecified atom stereocenters. The summed E-state index contributed by atoms with van der Waals surface area (Å²) in [6.45, 7) is 4.44. The number of fused-ring (bicyclic) bond motifs is 4. The first-order valence-electron chi connectivity index (χ1n) is 7.14. The number of rotatable bonds is 0. The Morgan fingerprint density at radius 2 is 1.95 bits per heavy atom. The van der Waals surface area contributed by atoms with E-state index < -0.39 is 0 Å². The predicted octanol–water partition coefficient (Wildman–Crippen LogP) is 4.21. The molecule has 0 atom stereocenters. The lowest BCUT2D eigenvalue weighted by Crippen LogP contribution is -2.00. The Morgan fingerprint density at radius 3 is 2.84 bits per heavy atom. The molecular formula is C17H18N2. The summed E-state index contributed by atoms with van der Waals surface area (Å²) in [5.74, 6) is 0. The van der Waals surface area contributed by atoms with Crippen molar-refractivity contribution >= 4 is 21.8 Å². The van der Waals surface area contributed by atoms with Crippen LogP contribution in [-0.4, -0.2) is 9.97 Å². The van der Waals surface area contributed by atoms with Crippen LogP contribution in [0.2, 0.25) is 0 Å². The third-order valence-corrected chi connectivity index (χ3v) is 4.61. The van der Waals surface area contributed by atoms with Gasteiger partial charge in [0.05, 0.1) is 11.0 Å². The zero-order valence-corrected chi connectivity index (χ0v) is 11.5. The van der Waals surface area contributed by atoms with Gasteiger partial charge in [0.2, 0.25) is 0 Å². The van der Waals surface area contributed by atoms with Gasteiger partial charge in [-0.05, 0) is 62.3 Å². The van der Waals surface area contributed by atoms with Crippen molar-refractivity contribution in [3.63, 3.8) is 0 Å². The van der Waals surface area contributed by atoms with Crippen molar-refractivity contribution in [1.82, 2.24) is 9.97 Å². The Bertz CT molecular complexity index is 796. The number of hydrogen-bond donors (Lipinski definition) is 1. The summed E-state index contributed by atoms with van der Waals surface area (Å²) in [5, 5.41) is 2.77. The van der Waals surface area contributed by atoms with Crippen LogP contribution in [0, 0.1) is 13.8 Å². The van der Waals surface area contributed by atoms with Crippen LogP contribution in [0.1, 0.15) is 35.2 Å². The van der Waals surface area contributed by atoms with Gasteiger partial charge < -0.3 is 4.98 Å². The normalized spacial score (nSPS) is 15.1. The maximum absolute atomic E-state index is 4.58. The SMILES string of the molecule is Cc1c2ncccc2c(C)c2c3c([nH]c12)CCCC3.